The zero-order chi connectivity index (χ0) is 21.6. The minimum absolute atomic E-state index is 0.761. The number of rotatable bonds is 12. The summed E-state index contributed by atoms with van der Waals surface area (Å²) in [6, 6.07) is 6.06. The summed E-state index contributed by atoms with van der Waals surface area (Å²) in [5, 5.41) is 6.78. The number of likely N-dealkylation sites (N-methyl/N-ethyl adjacent to an activating group) is 1. The van der Waals surface area contributed by atoms with E-state index in [9.17, 15) is 0 Å². The van der Waals surface area contributed by atoms with Crippen molar-refractivity contribution in [2.75, 3.05) is 73.1 Å². The molecule has 1 saturated heterocycles. The molecule has 0 aromatic heterocycles. The fourth-order valence-electron chi connectivity index (χ4n) is 3.67. The predicted octanol–water partition coefficient (Wildman–Crippen LogP) is 2.22. The van der Waals surface area contributed by atoms with Crippen molar-refractivity contribution in [1.29, 1.82) is 0 Å². The van der Waals surface area contributed by atoms with Gasteiger partial charge in [0.15, 0.2) is 17.5 Å². The molecule has 0 saturated carbocycles. The molecule has 0 bridgehead atoms. The van der Waals surface area contributed by atoms with E-state index in [1.807, 2.05) is 12.1 Å². The van der Waals surface area contributed by atoms with E-state index in [1.165, 1.54) is 51.3 Å². The summed E-state index contributed by atoms with van der Waals surface area (Å²) in [6.45, 7) is 14.1. The molecule has 1 fully saturated rings. The lowest BCUT2D eigenvalue weighted by Crippen LogP contribution is -2.46. The summed E-state index contributed by atoms with van der Waals surface area (Å²) in [5.41, 5.74) is 1.21. The van der Waals surface area contributed by atoms with Crippen LogP contribution in [0.25, 0.3) is 0 Å². The van der Waals surface area contributed by atoms with Crippen molar-refractivity contribution in [2.24, 2.45) is 4.99 Å². The highest BCUT2D eigenvalue weighted by molar-refractivity contribution is 5.79. The van der Waals surface area contributed by atoms with Crippen LogP contribution in [-0.2, 0) is 6.42 Å². The van der Waals surface area contributed by atoms with Crippen LogP contribution in [-0.4, -0.2) is 88.9 Å². The SMILES string of the molecule is CCNC(=NCCCCN1CCN(CC)CC1)NCCc1ccc(OC)c(OC)c1. The molecule has 7 heteroatoms. The van der Waals surface area contributed by atoms with Gasteiger partial charge in [-0.25, -0.2) is 0 Å². The van der Waals surface area contributed by atoms with Gasteiger partial charge in [0.05, 0.1) is 14.2 Å². The average molecular weight is 420 g/mol. The molecule has 30 heavy (non-hydrogen) atoms. The van der Waals surface area contributed by atoms with Gasteiger partial charge in [-0.2, -0.15) is 0 Å². The van der Waals surface area contributed by atoms with E-state index in [2.05, 4.69) is 40.3 Å². The van der Waals surface area contributed by atoms with Crippen molar-refractivity contribution < 1.29 is 9.47 Å². The molecule has 0 radical (unpaired) electrons. The van der Waals surface area contributed by atoms with Gasteiger partial charge in [0.25, 0.3) is 0 Å². The number of ether oxygens (including phenoxy) is 2. The van der Waals surface area contributed by atoms with E-state index < -0.39 is 0 Å². The second-order valence-corrected chi connectivity index (χ2v) is 7.61. The Balaban J connectivity index is 1.67. The molecule has 0 amide bonds. The Bertz CT molecular complexity index is 630. The smallest absolute Gasteiger partial charge is 0.191 e. The van der Waals surface area contributed by atoms with E-state index >= 15 is 0 Å². The van der Waals surface area contributed by atoms with Crippen LogP contribution >= 0.6 is 0 Å². The first-order chi connectivity index (χ1) is 14.7. The number of benzene rings is 1. The fourth-order valence-corrected chi connectivity index (χ4v) is 3.67. The van der Waals surface area contributed by atoms with Crippen molar-refractivity contribution in [1.82, 2.24) is 20.4 Å². The maximum absolute atomic E-state index is 5.39. The van der Waals surface area contributed by atoms with Crippen LogP contribution in [0.4, 0.5) is 0 Å². The van der Waals surface area contributed by atoms with Crippen LogP contribution < -0.4 is 20.1 Å². The van der Waals surface area contributed by atoms with Gasteiger partial charge in [-0.3, -0.25) is 4.99 Å². The van der Waals surface area contributed by atoms with Crippen LogP contribution in [0.3, 0.4) is 0 Å². The maximum Gasteiger partial charge on any atom is 0.191 e. The fraction of sp³-hybridized carbons (Fsp3) is 0.696. The highest BCUT2D eigenvalue weighted by atomic mass is 16.5. The second kappa shape index (κ2) is 14.1. The molecule has 1 aliphatic heterocycles. The Kier molecular flexibility index (Phi) is 11.4. The summed E-state index contributed by atoms with van der Waals surface area (Å²) in [5.74, 6) is 2.43. The molecule has 2 N–H and O–H groups in total. The monoisotopic (exact) mass is 419 g/mol. The first kappa shape index (κ1) is 24.3. The van der Waals surface area contributed by atoms with E-state index in [0.717, 1.165) is 49.9 Å². The summed E-state index contributed by atoms with van der Waals surface area (Å²) in [6.07, 6.45) is 3.23. The standard InChI is InChI=1S/C23H41N5O2/c1-5-24-23(25-12-7-8-14-28-17-15-27(6-2)16-18-28)26-13-11-20-9-10-21(29-3)22(19-20)30-4/h9-10,19H,5-8,11-18H2,1-4H3,(H2,24,25,26). The molecule has 1 aromatic carbocycles. The maximum atomic E-state index is 5.39. The summed E-state index contributed by atoms with van der Waals surface area (Å²) < 4.78 is 10.7. The van der Waals surface area contributed by atoms with Crippen LogP contribution in [0.5, 0.6) is 11.5 Å². The van der Waals surface area contributed by atoms with Crippen LogP contribution in [0.2, 0.25) is 0 Å². The third-order valence-corrected chi connectivity index (χ3v) is 5.56. The number of hydrogen-bond donors (Lipinski definition) is 2. The van der Waals surface area contributed by atoms with E-state index in [0.29, 0.717) is 0 Å². The third kappa shape index (κ3) is 8.40. The lowest BCUT2D eigenvalue weighted by molar-refractivity contribution is 0.136. The number of nitrogens with zero attached hydrogens (tertiary/aromatic N) is 3. The number of unbranched alkanes of at least 4 members (excludes halogenated alkanes) is 1. The molecule has 1 aromatic rings. The minimum atomic E-state index is 0.761. The number of aliphatic imine (C=N–C) groups is 1. The second-order valence-electron chi connectivity index (χ2n) is 7.61. The number of nitrogens with one attached hydrogen (secondary N) is 2. The van der Waals surface area contributed by atoms with Crippen molar-refractivity contribution in [2.45, 2.75) is 33.1 Å². The van der Waals surface area contributed by atoms with Crippen molar-refractivity contribution in [3.8, 4) is 11.5 Å². The summed E-state index contributed by atoms with van der Waals surface area (Å²) in [4.78, 5) is 9.85. The predicted molar refractivity (Wildman–Crippen MR) is 125 cm³/mol. The molecule has 1 heterocycles. The molecule has 0 unspecified atom stereocenters. The minimum Gasteiger partial charge on any atom is -0.493 e. The van der Waals surface area contributed by atoms with Crippen LogP contribution in [0, 0.1) is 0 Å². The normalized spacial score (nSPS) is 15.8. The largest absolute Gasteiger partial charge is 0.493 e. The lowest BCUT2D eigenvalue weighted by Gasteiger charge is -2.33. The number of piperazine rings is 1. The molecule has 0 aliphatic carbocycles. The molecule has 7 nitrogen and oxygen atoms in total. The van der Waals surface area contributed by atoms with Gasteiger partial charge < -0.3 is 29.9 Å². The van der Waals surface area contributed by atoms with E-state index in [-0.39, 0.29) is 0 Å². The van der Waals surface area contributed by atoms with Crippen molar-refractivity contribution in [3.63, 3.8) is 0 Å². The van der Waals surface area contributed by atoms with E-state index in [4.69, 9.17) is 14.5 Å². The summed E-state index contributed by atoms with van der Waals surface area (Å²) >= 11 is 0. The van der Waals surface area contributed by atoms with Crippen LogP contribution in [0.1, 0.15) is 32.3 Å². The van der Waals surface area contributed by atoms with Crippen LogP contribution in [0.15, 0.2) is 23.2 Å². The Morgan fingerprint density at radius 1 is 0.967 bits per heavy atom. The highest BCUT2D eigenvalue weighted by Gasteiger charge is 2.14. The zero-order valence-corrected chi connectivity index (χ0v) is 19.4. The third-order valence-electron chi connectivity index (χ3n) is 5.56. The quantitative estimate of drug-likeness (QED) is 0.308. The molecule has 0 spiro atoms. The van der Waals surface area contributed by atoms with E-state index in [1.54, 1.807) is 14.2 Å². The van der Waals surface area contributed by atoms with Gasteiger partial charge in [0.2, 0.25) is 0 Å². The Hall–Kier alpha value is -1.99. The highest BCUT2D eigenvalue weighted by Crippen LogP contribution is 2.27. The van der Waals surface area contributed by atoms with Gasteiger partial charge in [-0.1, -0.05) is 13.0 Å². The van der Waals surface area contributed by atoms with Gasteiger partial charge in [-0.05, 0) is 57.0 Å². The van der Waals surface area contributed by atoms with Crippen molar-refractivity contribution in [3.05, 3.63) is 23.8 Å². The molecule has 2 rings (SSSR count). The van der Waals surface area contributed by atoms with Crippen molar-refractivity contribution >= 4 is 5.96 Å². The topological polar surface area (TPSA) is 61.4 Å². The van der Waals surface area contributed by atoms with Gasteiger partial charge >= 0.3 is 0 Å². The average Bonchev–Trinajstić information content (AvgIpc) is 2.79. The number of guanidine groups is 1. The zero-order valence-electron chi connectivity index (χ0n) is 19.4. The Morgan fingerprint density at radius 3 is 2.37 bits per heavy atom. The van der Waals surface area contributed by atoms with Gasteiger partial charge in [-0.15, -0.1) is 0 Å². The van der Waals surface area contributed by atoms with Gasteiger partial charge in [0.1, 0.15) is 0 Å². The summed E-state index contributed by atoms with van der Waals surface area (Å²) in [7, 11) is 3.32. The molecule has 170 valence electrons. The molecule has 1 aliphatic rings. The molecular formula is C23H41N5O2. The first-order valence-corrected chi connectivity index (χ1v) is 11.4. The molecule has 0 atom stereocenters. The number of hydrogen-bond acceptors (Lipinski definition) is 5. The van der Waals surface area contributed by atoms with Gasteiger partial charge in [0, 0.05) is 45.8 Å². The Labute approximate surface area is 182 Å². The first-order valence-electron chi connectivity index (χ1n) is 11.4. The lowest BCUT2D eigenvalue weighted by atomic mass is 10.1. The Morgan fingerprint density at radius 2 is 1.70 bits per heavy atom. The molecular weight excluding hydrogens is 378 g/mol. The number of methoxy groups -OCH3 is 2.